The lowest BCUT2D eigenvalue weighted by Gasteiger charge is -1.98. The Hall–Kier alpha value is -2.79. The van der Waals surface area contributed by atoms with Gasteiger partial charge < -0.3 is 0 Å². The molecule has 0 fully saturated rings. The van der Waals surface area contributed by atoms with Crippen molar-refractivity contribution in [3.63, 3.8) is 0 Å². The van der Waals surface area contributed by atoms with E-state index in [1.54, 1.807) is 6.08 Å². The molecule has 4 nitrogen and oxygen atoms in total. The zero-order chi connectivity index (χ0) is 17.3. The minimum atomic E-state index is -0.198. The van der Waals surface area contributed by atoms with Crippen LogP contribution in [-0.2, 0) is 17.6 Å². The Morgan fingerprint density at radius 2 is 1.68 bits per heavy atom. The highest BCUT2D eigenvalue weighted by Gasteiger charge is 2.06. The molecule has 1 aromatic heterocycles. The summed E-state index contributed by atoms with van der Waals surface area (Å²) in [5.74, 6) is -0.198. The van der Waals surface area contributed by atoms with Gasteiger partial charge in [-0.15, -0.1) is 10.2 Å². The van der Waals surface area contributed by atoms with Gasteiger partial charge in [0.2, 0.25) is 11.0 Å². The largest absolute Gasteiger partial charge is 0.297 e. The van der Waals surface area contributed by atoms with Crippen LogP contribution in [0, 0.1) is 0 Å². The normalized spacial score (nSPS) is 10.9. The number of carbonyl (C=O) groups is 1. The van der Waals surface area contributed by atoms with E-state index in [-0.39, 0.29) is 5.91 Å². The van der Waals surface area contributed by atoms with Crippen LogP contribution < -0.4 is 5.32 Å². The molecule has 0 spiro atoms. The zero-order valence-electron chi connectivity index (χ0n) is 13.8. The van der Waals surface area contributed by atoms with E-state index in [1.807, 2.05) is 36.4 Å². The van der Waals surface area contributed by atoms with Crippen LogP contribution in [0.4, 0.5) is 5.13 Å². The van der Waals surface area contributed by atoms with Gasteiger partial charge in [0.25, 0.3) is 0 Å². The van der Waals surface area contributed by atoms with Crippen molar-refractivity contribution in [2.45, 2.75) is 19.3 Å². The molecule has 0 bridgehead atoms. The molecule has 0 aliphatic heterocycles. The van der Waals surface area contributed by atoms with Crippen molar-refractivity contribution in [3.8, 4) is 0 Å². The van der Waals surface area contributed by atoms with Crippen LogP contribution in [0.1, 0.15) is 22.6 Å². The minimum absolute atomic E-state index is 0.198. The number of nitrogens with one attached hydrogen (secondary N) is 1. The van der Waals surface area contributed by atoms with E-state index in [0.29, 0.717) is 5.13 Å². The van der Waals surface area contributed by atoms with E-state index in [0.717, 1.165) is 29.8 Å². The van der Waals surface area contributed by atoms with Crippen LogP contribution in [0.2, 0.25) is 0 Å². The molecule has 25 heavy (non-hydrogen) atoms. The first kappa shape index (κ1) is 17.0. The fourth-order valence-electron chi connectivity index (χ4n) is 2.38. The maximum absolute atomic E-state index is 11.9. The summed E-state index contributed by atoms with van der Waals surface area (Å²) in [5, 5.41) is 12.4. The predicted octanol–water partition coefficient (Wildman–Crippen LogP) is 4.37. The zero-order valence-corrected chi connectivity index (χ0v) is 14.6. The topological polar surface area (TPSA) is 54.9 Å². The maximum Gasteiger partial charge on any atom is 0.250 e. The van der Waals surface area contributed by atoms with Crippen molar-refractivity contribution in [3.05, 3.63) is 82.9 Å². The van der Waals surface area contributed by atoms with E-state index < -0.39 is 0 Å². The molecule has 1 heterocycles. The van der Waals surface area contributed by atoms with Gasteiger partial charge in [0.15, 0.2) is 0 Å². The third kappa shape index (κ3) is 5.65. The van der Waals surface area contributed by atoms with E-state index in [9.17, 15) is 4.79 Å². The molecular weight excluding hydrogens is 330 g/mol. The Morgan fingerprint density at radius 3 is 2.44 bits per heavy atom. The SMILES string of the molecule is O=C(/C=C/c1ccccc1)Nc1nnc(CCCc2ccccc2)s1. The van der Waals surface area contributed by atoms with Crippen molar-refractivity contribution in [1.82, 2.24) is 10.2 Å². The van der Waals surface area contributed by atoms with E-state index >= 15 is 0 Å². The number of nitrogens with zero attached hydrogens (tertiary/aromatic N) is 2. The molecule has 1 N–H and O–H groups in total. The summed E-state index contributed by atoms with van der Waals surface area (Å²) < 4.78 is 0. The van der Waals surface area contributed by atoms with E-state index in [4.69, 9.17) is 0 Å². The predicted molar refractivity (Wildman–Crippen MR) is 102 cm³/mol. The van der Waals surface area contributed by atoms with Gasteiger partial charge >= 0.3 is 0 Å². The second kappa shape index (κ2) is 8.89. The van der Waals surface area contributed by atoms with Gasteiger partial charge in [-0.25, -0.2) is 0 Å². The Kier molecular flexibility index (Phi) is 6.06. The van der Waals surface area contributed by atoms with Crippen LogP contribution in [0.15, 0.2) is 66.7 Å². The molecule has 0 aliphatic carbocycles. The monoisotopic (exact) mass is 349 g/mol. The maximum atomic E-state index is 11.9. The van der Waals surface area contributed by atoms with Gasteiger partial charge in [-0.05, 0) is 30.0 Å². The number of anilines is 1. The molecule has 0 unspecified atom stereocenters. The number of aromatic nitrogens is 2. The molecule has 1 amide bonds. The molecule has 0 atom stereocenters. The summed E-state index contributed by atoms with van der Waals surface area (Å²) in [6, 6.07) is 20.1. The molecule has 0 aliphatic rings. The molecule has 3 rings (SSSR count). The Labute approximate surface area is 151 Å². The van der Waals surface area contributed by atoms with Gasteiger partial charge in [-0.3, -0.25) is 10.1 Å². The number of amides is 1. The summed E-state index contributed by atoms with van der Waals surface area (Å²) in [5.41, 5.74) is 2.31. The Bertz CT molecular complexity index is 828. The molecule has 126 valence electrons. The molecule has 5 heteroatoms. The fraction of sp³-hybridized carbons (Fsp3) is 0.150. The van der Waals surface area contributed by atoms with E-state index in [2.05, 4.69) is 39.8 Å². The minimum Gasteiger partial charge on any atom is -0.297 e. The fourth-order valence-corrected chi connectivity index (χ4v) is 3.16. The molecule has 2 aromatic carbocycles. The van der Waals surface area contributed by atoms with Crippen molar-refractivity contribution >= 4 is 28.5 Å². The average molecular weight is 349 g/mol. The Morgan fingerprint density at radius 1 is 0.960 bits per heavy atom. The third-order valence-corrected chi connectivity index (χ3v) is 4.52. The van der Waals surface area contributed by atoms with E-state index in [1.165, 1.54) is 23.0 Å². The first-order chi connectivity index (χ1) is 12.3. The van der Waals surface area contributed by atoms with Crippen molar-refractivity contribution in [1.29, 1.82) is 0 Å². The third-order valence-electron chi connectivity index (χ3n) is 3.62. The summed E-state index contributed by atoms with van der Waals surface area (Å²) in [7, 11) is 0. The van der Waals surface area contributed by atoms with Crippen LogP contribution in [-0.4, -0.2) is 16.1 Å². The second-order valence-electron chi connectivity index (χ2n) is 5.57. The molecule has 3 aromatic rings. The number of aryl methyl sites for hydroxylation is 2. The number of hydrogen-bond donors (Lipinski definition) is 1. The lowest BCUT2D eigenvalue weighted by Crippen LogP contribution is -2.07. The van der Waals surface area contributed by atoms with Gasteiger partial charge in [-0.2, -0.15) is 0 Å². The second-order valence-corrected chi connectivity index (χ2v) is 6.64. The van der Waals surface area contributed by atoms with Crippen LogP contribution >= 0.6 is 11.3 Å². The smallest absolute Gasteiger partial charge is 0.250 e. The summed E-state index contributed by atoms with van der Waals surface area (Å²) >= 11 is 1.43. The number of hydrogen-bond acceptors (Lipinski definition) is 4. The van der Waals surface area contributed by atoms with Crippen molar-refractivity contribution in [2.24, 2.45) is 0 Å². The highest BCUT2D eigenvalue weighted by molar-refractivity contribution is 7.15. The van der Waals surface area contributed by atoms with Gasteiger partial charge in [0, 0.05) is 12.5 Å². The lowest BCUT2D eigenvalue weighted by atomic mass is 10.1. The quantitative estimate of drug-likeness (QED) is 0.645. The van der Waals surface area contributed by atoms with Crippen LogP contribution in [0.25, 0.3) is 6.08 Å². The van der Waals surface area contributed by atoms with Crippen molar-refractivity contribution in [2.75, 3.05) is 5.32 Å². The average Bonchev–Trinajstić information content (AvgIpc) is 3.09. The van der Waals surface area contributed by atoms with Gasteiger partial charge in [0.1, 0.15) is 5.01 Å². The van der Waals surface area contributed by atoms with Gasteiger partial charge in [-0.1, -0.05) is 72.0 Å². The number of rotatable bonds is 7. The molecular formula is C20H19N3OS. The highest BCUT2D eigenvalue weighted by Crippen LogP contribution is 2.17. The Balaban J connectivity index is 1.46. The molecule has 0 saturated heterocycles. The highest BCUT2D eigenvalue weighted by atomic mass is 32.1. The number of benzene rings is 2. The first-order valence-corrected chi connectivity index (χ1v) is 9.02. The molecule has 0 radical (unpaired) electrons. The summed E-state index contributed by atoms with van der Waals surface area (Å²) in [4.78, 5) is 11.9. The van der Waals surface area contributed by atoms with Crippen LogP contribution in [0.5, 0.6) is 0 Å². The van der Waals surface area contributed by atoms with Crippen LogP contribution in [0.3, 0.4) is 0 Å². The van der Waals surface area contributed by atoms with Gasteiger partial charge in [0.05, 0.1) is 0 Å². The summed E-state index contributed by atoms with van der Waals surface area (Å²) in [6.07, 6.45) is 6.17. The lowest BCUT2D eigenvalue weighted by molar-refractivity contribution is -0.111. The summed E-state index contributed by atoms with van der Waals surface area (Å²) in [6.45, 7) is 0. The molecule has 0 saturated carbocycles. The standard InChI is InChI=1S/C20H19N3OS/c24-18(15-14-17-10-5-2-6-11-17)21-20-23-22-19(25-20)13-7-12-16-8-3-1-4-9-16/h1-6,8-11,14-15H,7,12-13H2,(H,21,23,24)/b15-14+. The number of carbonyl (C=O) groups excluding carboxylic acids is 1. The van der Waals surface area contributed by atoms with Crippen molar-refractivity contribution < 1.29 is 4.79 Å². The first-order valence-electron chi connectivity index (χ1n) is 8.20.